The van der Waals surface area contributed by atoms with E-state index in [0.29, 0.717) is 0 Å². The first-order valence-electron chi connectivity index (χ1n) is 5.06. The van der Waals surface area contributed by atoms with E-state index in [9.17, 15) is 4.39 Å². The predicted molar refractivity (Wildman–Crippen MR) is 79.4 cm³/mol. The van der Waals surface area contributed by atoms with Crippen molar-refractivity contribution in [3.63, 3.8) is 0 Å². The molecule has 0 saturated carbocycles. The molecule has 0 N–H and O–H groups in total. The Bertz CT molecular complexity index is 496. The van der Waals surface area contributed by atoms with Crippen LogP contribution in [0.3, 0.4) is 0 Å². The van der Waals surface area contributed by atoms with Crippen LogP contribution < -0.4 is 4.74 Å². The number of hydrogen-bond donors (Lipinski definition) is 0. The van der Waals surface area contributed by atoms with Crippen molar-refractivity contribution in [3.8, 4) is 5.75 Å². The molecule has 0 saturated heterocycles. The standard InChI is InChI=1S/C8H2B7ClFNO2/c9-6(10,7(11,12)20-8(13,14)15)19-3-1-4(17)5(16)18-2-3/h1-2H. The average Bonchev–Trinajstić information content (AvgIpc) is 2.19. The summed E-state index contributed by atoms with van der Waals surface area (Å²) in [5.41, 5.74) is 0. The fraction of sp³-hybridized carbons (Fsp3) is 0.375. The van der Waals surface area contributed by atoms with Crippen LogP contribution >= 0.6 is 11.6 Å². The van der Waals surface area contributed by atoms with Crippen LogP contribution in [-0.4, -0.2) is 76.0 Å². The first-order chi connectivity index (χ1) is 8.84. The van der Waals surface area contributed by atoms with Crippen LogP contribution in [0.5, 0.6) is 5.75 Å². The minimum absolute atomic E-state index is 0.211. The minimum atomic E-state index is -2.40. The average molecular weight is 274 g/mol. The van der Waals surface area contributed by atoms with Gasteiger partial charge in [-0.3, -0.25) is 0 Å². The van der Waals surface area contributed by atoms with Crippen molar-refractivity contribution < 1.29 is 13.9 Å². The lowest BCUT2D eigenvalue weighted by Gasteiger charge is -2.48. The molecule has 12 heteroatoms. The Labute approximate surface area is 131 Å². The van der Waals surface area contributed by atoms with Gasteiger partial charge in [-0.1, -0.05) is 11.6 Å². The summed E-state index contributed by atoms with van der Waals surface area (Å²) in [5, 5.41) is -7.36. The van der Waals surface area contributed by atoms with Gasteiger partial charge in [0.15, 0.2) is 11.0 Å². The van der Waals surface area contributed by atoms with Gasteiger partial charge < -0.3 is 9.47 Å². The summed E-state index contributed by atoms with van der Waals surface area (Å²) >= 11 is 5.40. The fourth-order valence-corrected chi connectivity index (χ4v) is 1.21. The maximum atomic E-state index is 13.2. The number of aromatic nitrogens is 1. The van der Waals surface area contributed by atoms with Crippen LogP contribution in [0.15, 0.2) is 12.3 Å². The van der Waals surface area contributed by atoms with E-state index in [1.807, 2.05) is 0 Å². The summed E-state index contributed by atoms with van der Waals surface area (Å²) in [4.78, 5) is 3.48. The van der Waals surface area contributed by atoms with Crippen molar-refractivity contribution in [1.29, 1.82) is 0 Å². The maximum absolute atomic E-state index is 13.2. The van der Waals surface area contributed by atoms with Gasteiger partial charge in [0.1, 0.15) is 37.1 Å². The number of ether oxygens (including phenoxy) is 2. The van der Waals surface area contributed by atoms with Gasteiger partial charge in [0.05, 0.1) is 29.7 Å². The first kappa shape index (κ1) is 17.6. The molecule has 0 fully saturated rings. The second-order valence-electron chi connectivity index (χ2n) is 4.09. The summed E-state index contributed by atoms with van der Waals surface area (Å²) in [6.07, 6.45) is 1.04. The van der Waals surface area contributed by atoms with Gasteiger partial charge in [-0.15, -0.1) is 0 Å². The van der Waals surface area contributed by atoms with E-state index >= 15 is 0 Å². The van der Waals surface area contributed by atoms with Gasteiger partial charge in [-0.25, -0.2) is 9.37 Å². The van der Waals surface area contributed by atoms with Gasteiger partial charge in [-0.05, 0) is 5.30 Å². The molecule has 0 aliphatic heterocycles. The van der Waals surface area contributed by atoms with Crippen molar-refractivity contribution in [2.75, 3.05) is 0 Å². The molecule has 0 unspecified atom stereocenters. The van der Waals surface area contributed by atoms with Crippen molar-refractivity contribution in [2.24, 2.45) is 0 Å². The second kappa shape index (κ2) is 5.76. The molecule has 3 nitrogen and oxygen atoms in total. The topological polar surface area (TPSA) is 31.4 Å². The highest BCUT2D eigenvalue weighted by Gasteiger charge is 2.40. The molecule has 20 heavy (non-hydrogen) atoms. The third-order valence-corrected chi connectivity index (χ3v) is 2.29. The molecule has 0 aromatic carbocycles. The molecule has 14 radical (unpaired) electrons. The maximum Gasteiger partial charge on any atom is 0.164 e. The number of halogens is 2. The lowest BCUT2D eigenvalue weighted by Crippen LogP contribution is -2.65. The molecular weight excluding hydrogens is 272 g/mol. The van der Waals surface area contributed by atoms with E-state index in [1.54, 1.807) is 0 Å². The van der Waals surface area contributed by atoms with E-state index in [1.165, 1.54) is 0 Å². The Morgan fingerprint density at radius 1 is 1.05 bits per heavy atom. The summed E-state index contributed by atoms with van der Waals surface area (Å²) in [5.74, 6) is -1.08. The zero-order valence-corrected chi connectivity index (χ0v) is 11.0. The molecule has 0 amide bonds. The number of pyridine rings is 1. The van der Waals surface area contributed by atoms with Crippen LogP contribution in [0.25, 0.3) is 0 Å². The molecule has 0 bridgehead atoms. The van der Waals surface area contributed by atoms with Crippen LogP contribution in [0.1, 0.15) is 0 Å². The van der Waals surface area contributed by atoms with E-state index < -0.39 is 21.9 Å². The Balaban J connectivity index is 2.95. The van der Waals surface area contributed by atoms with Crippen LogP contribution in [0.4, 0.5) is 4.39 Å². The van der Waals surface area contributed by atoms with Gasteiger partial charge in [-0.2, -0.15) is 0 Å². The monoisotopic (exact) mass is 275 g/mol. The molecular formula is C8H2B7ClFNO2. The van der Waals surface area contributed by atoms with Crippen LogP contribution in [-0.2, 0) is 4.74 Å². The number of rotatable bonds is 5. The smallest absolute Gasteiger partial charge is 0.164 e. The predicted octanol–water partition coefficient (Wildman–Crippen LogP) is -1.63. The zero-order valence-electron chi connectivity index (χ0n) is 10.2. The van der Waals surface area contributed by atoms with E-state index in [-0.39, 0.29) is 10.9 Å². The summed E-state index contributed by atoms with van der Waals surface area (Å²) in [6, 6.07) is 0.862. The molecule has 1 aromatic rings. The highest BCUT2D eigenvalue weighted by atomic mass is 35.5. The van der Waals surface area contributed by atoms with E-state index in [4.69, 9.17) is 71.3 Å². The van der Waals surface area contributed by atoms with Crippen molar-refractivity contribution in [3.05, 3.63) is 23.2 Å². The van der Waals surface area contributed by atoms with Crippen molar-refractivity contribution in [1.82, 2.24) is 4.98 Å². The van der Waals surface area contributed by atoms with Crippen molar-refractivity contribution in [2.45, 2.75) is 16.1 Å². The largest absolute Gasteiger partial charge is 0.504 e. The van der Waals surface area contributed by atoms with Gasteiger partial charge in [0.25, 0.3) is 0 Å². The molecule has 1 aromatic heterocycles. The highest BCUT2D eigenvalue weighted by molar-refractivity contribution is 6.59. The first-order valence-corrected chi connectivity index (χ1v) is 5.44. The zero-order chi connectivity index (χ0) is 15.8. The fourth-order valence-electron chi connectivity index (χ4n) is 1.11. The highest BCUT2D eigenvalue weighted by Crippen LogP contribution is 2.26. The Hall–Kier alpha value is -0.415. The van der Waals surface area contributed by atoms with Gasteiger partial charge in [0.2, 0.25) is 0 Å². The van der Waals surface area contributed by atoms with Crippen LogP contribution in [0.2, 0.25) is 5.15 Å². The Kier molecular flexibility index (Phi) is 5.08. The van der Waals surface area contributed by atoms with Crippen LogP contribution in [0, 0.1) is 5.82 Å². The summed E-state index contributed by atoms with van der Waals surface area (Å²) in [6.45, 7) is 0. The second-order valence-corrected chi connectivity index (χ2v) is 4.45. The minimum Gasteiger partial charge on any atom is -0.504 e. The van der Waals surface area contributed by atoms with Gasteiger partial charge >= 0.3 is 0 Å². The molecule has 1 rings (SSSR count). The summed E-state index contributed by atoms with van der Waals surface area (Å²) in [7, 11) is 37.6. The third-order valence-electron chi connectivity index (χ3n) is 2.01. The molecule has 0 spiro atoms. The quantitative estimate of drug-likeness (QED) is 0.477. The Morgan fingerprint density at radius 2 is 1.60 bits per heavy atom. The number of nitrogens with zero attached hydrogens (tertiary/aromatic N) is 1. The lowest BCUT2D eigenvalue weighted by molar-refractivity contribution is 0.00219. The Morgan fingerprint density at radius 3 is 2.05 bits per heavy atom. The molecule has 1 heterocycles. The molecule has 0 aliphatic carbocycles. The summed E-state index contributed by atoms with van der Waals surface area (Å²) < 4.78 is 22.9. The van der Waals surface area contributed by atoms with E-state index in [2.05, 4.69) is 9.72 Å². The van der Waals surface area contributed by atoms with Crippen molar-refractivity contribution >= 4 is 66.5 Å². The SMILES string of the molecule is [B]C([B])([B])OC([B])([B])C([B])([B])Oc1cnc(Cl)c(F)c1. The molecule has 0 aliphatic rings. The normalized spacial score (nSPS) is 13.1. The lowest BCUT2D eigenvalue weighted by atomic mass is 9.40. The molecule has 86 valence electrons. The third kappa shape index (κ3) is 4.56. The van der Waals surface area contributed by atoms with E-state index in [0.717, 1.165) is 12.3 Å². The number of hydrogen-bond acceptors (Lipinski definition) is 3. The van der Waals surface area contributed by atoms with Gasteiger partial charge in [0, 0.05) is 16.9 Å². The molecule has 0 atom stereocenters.